The Morgan fingerprint density at radius 3 is 2.82 bits per heavy atom. The molecule has 2 aromatic heterocycles. The molecule has 3 rings (SSSR count). The van der Waals surface area contributed by atoms with Crippen molar-refractivity contribution < 1.29 is 0 Å². The molecule has 0 radical (unpaired) electrons. The average molecular weight is 224 g/mol. The van der Waals surface area contributed by atoms with Gasteiger partial charge in [0.25, 0.3) is 0 Å². The predicted molar refractivity (Wildman–Crippen MR) is 68.5 cm³/mol. The minimum absolute atomic E-state index is 0.727. The molecule has 2 heterocycles. The molecule has 0 aliphatic heterocycles. The zero-order valence-electron chi connectivity index (χ0n) is 9.44. The lowest BCUT2D eigenvalue weighted by Crippen LogP contribution is -1.87. The number of aromatic amines is 1. The van der Waals surface area contributed by atoms with E-state index >= 15 is 0 Å². The minimum atomic E-state index is 0.727. The van der Waals surface area contributed by atoms with E-state index in [1.54, 1.807) is 0 Å². The highest BCUT2D eigenvalue weighted by Gasteiger charge is 2.06. The first-order valence-corrected chi connectivity index (χ1v) is 5.42. The molecule has 0 unspecified atom stereocenters. The van der Waals surface area contributed by atoms with E-state index in [0.29, 0.717) is 0 Å². The molecule has 0 saturated carbocycles. The molecule has 4 nitrogen and oxygen atoms in total. The third-order valence-electron chi connectivity index (χ3n) is 2.64. The van der Waals surface area contributed by atoms with E-state index < -0.39 is 0 Å². The quantitative estimate of drug-likeness (QED) is 0.624. The number of H-pyrrole nitrogens is 1. The molecule has 0 aliphatic rings. The number of nitrogens with two attached hydrogens (primary N) is 1. The number of fused-ring (bicyclic) bond motifs is 1. The van der Waals surface area contributed by atoms with Gasteiger partial charge in [-0.1, -0.05) is 6.07 Å². The maximum atomic E-state index is 5.73. The normalized spacial score (nSPS) is 10.9. The number of nitrogens with one attached hydrogen (secondary N) is 1. The summed E-state index contributed by atoms with van der Waals surface area (Å²) < 4.78 is 0. The minimum Gasteiger partial charge on any atom is -0.399 e. The average Bonchev–Trinajstić information content (AvgIpc) is 2.72. The predicted octanol–water partition coefficient (Wildman–Crippen LogP) is 2.52. The van der Waals surface area contributed by atoms with Crippen LogP contribution in [0.3, 0.4) is 0 Å². The largest absolute Gasteiger partial charge is 0.399 e. The van der Waals surface area contributed by atoms with Crippen LogP contribution in [0.15, 0.2) is 36.4 Å². The van der Waals surface area contributed by atoms with Gasteiger partial charge in [0.15, 0.2) is 5.82 Å². The summed E-state index contributed by atoms with van der Waals surface area (Å²) in [4.78, 5) is 12.2. The Bertz CT molecular complexity index is 685. The molecule has 0 fully saturated rings. The zero-order chi connectivity index (χ0) is 11.8. The summed E-state index contributed by atoms with van der Waals surface area (Å²) in [5.41, 5.74) is 10.1. The summed E-state index contributed by atoms with van der Waals surface area (Å²) in [5.74, 6) is 0.773. The number of hydrogen-bond acceptors (Lipinski definition) is 3. The second kappa shape index (κ2) is 3.59. The van der Waals surface area contributed by atoms with E-state index in [9.17, 15) is 0 Å². The summed E-state index contributed by atoms with van der Waals surface area (Å²) in [6, 6.07) is 11.5. The molecule has 0 amide bonds. The van der Waals surface area contributed by atoms with Crippen LogP contribution in [0.25, 0.3) is 22.6 Å². The summed E-state index contributed by atoms with van der Waals surface area (Å²) in [6.07, 6.45) is 0. The number of aryl methyl sites for hydroxylation is 1. The number of hydrogen-bond donors (Lipinski definition) is 2. The second-order valence-corrected chi connectivity index (χ2v) is 4.03. The highest BCUT2D eigenvalue weighted by molar-refractivity contribution is 5.81. The fraction of sp³-hybridized carbons (Fsp3) is 0.0769. The number of benzene rings is 1. The number of aromatic nitrogens is 3. The molecule has 0 spiro atoms. The third kappa shape index (κ3) is 1.73. The molecular formula is C13H12N4. The highest BCUT2D eigenvalue weighted by atomic mass is 14.9. The van der Waals surface area contributed by atoms with Gasteiger partial charge < -0.3 is 10.7 Å². The number of rotatable bonds is 1. The maximum Gasteiger partial charge on any atom is 0.157 e. The van der Waals surface area contributed by atoms with Gasteiger partial charge in [-0.05, 0) is 37.3 Å². The molecule has 0 atom stereocenters. The van der Waals surface area contributed by atoms with Gasteiger partial charge in [0.05, 0.1) is 11.0 Å². The molecule has 84 valence electrons. The highest BCUT2D eigenvalue weighted by Crippen LogP contribution is 2.20. The summed E-state index contributed by atoms with van der Waals surface area (Å²) in [7, 11) is 0. The lowest BCUT2D eigenvalue weighted by atomic mass is 10.3. The first-order valence-electron chi connectivity index (χ1n) is 5.42. The molecule has 4 heteroatoms. The number of imidazole rings is 1. The van der Waals surface area contributed by atoms with Gasteiger partial charge in [0.1, 0.15) is 5.69 Å². The molecular weight excluding hydrogens is 212 g/mol. The van der Waals surface area contributed by atoms with Gasteiger partial charge in [-0.2, -0.15) is 0 Å². The van der Waals surface area contributed by atoms with Gasteiger partial charge in [0, 0.05) is 11.4 Å². The molecule has 3 aromatic rings. The molecule has 3 N–H and O–H groups in total. The monoisotopic (exact) mass is 224 g/mol. The molecule has 1 aromatic carbocycles. The van der Waals surface area contributed by atoms with Crippen molar-refractivity contribution in [3.63, 3.8) is 0 Å². The van der Waals surface area contributed by atoms with Crippen molar-refractivity contribution >= 4 is 16.7 Å². The van der Waals surface area contributed by atoms with Crippen LogP contribution in [-0.2, 0) is 0 Å². The van der Waals surface area contributed by atoms with Crippen LogP contribution in [0.2, 0.25) is 0 Å². The second-order valence-electron chi connectivity index (χ2n) is 4.03. The lowest BCUT2D eigenvalue weighted by Gasteiger charge is -1.96. The van der Waals surface area contributed by atoms with E-state index in [-0.39, 0.29) is 0 Å². The molecule has 0 saturated heterocycles. The molecule has 17 heavy (non-hydrogen) atoms. The Labute approximate surface area is 98.5 Å². The zero-order valence-corrected chi connectivity index (χ0v) is 9.44. The van der Waals surface area contributed by atoms with Gasteiger partial charge >= 0.3 is 0 Å². The van der Waals surface area contributed by atoms with Crippen molar-refractivity contribution in [2.75, 3.05) is 5.73 Å². The van der Waals surface area contributed by atoms with Crippen molar-refractivity contribution in [3.8, 4) is 11.5 Å². The Hall–Kier alpha value is -2.36. The Morgan fingerprint density at radius 2 is 2.00 bits per heavy atom. The van der Waals surface area contributed by atoms with Crippen molar-refractivity contribution in [2.45, 2.75) is 6.92 Å². The standard InChI is InChI=1S/C13H12N4/c1-8-3-2-4-11(15-8)13-16-10-6-5-9(14)7-12(10)17-13/h2-7H,14H2,1H3,(H,16,17). The smallest absolute Gasteiger partial charge is 0.157 e. The number of pyridine rings is 1. The van der Waals surface area contributed by atoms with Crippen LogP contribution in [0.5, 0.6) is 0 Å². The SMILES string of the molecule is Cc1cccc(-c2nc3ccc(N)cc3[nH]2)n1. The van der Waals surface area contributed by atoms with Crippen molar-refractivity contribution in [1.82, 2.24) is 15.0 Å². The summed E-state index contributed by atoms with van der Waals surface area (Å²) in [6.45, 7) is 1.96. The third-order valence-corrected chi connectivity index (χ3v) is 2.64. The number of nitrogens with zero attached hydrogens (tertiary/aromatic N) is 2. The van der Waals surface area contributed by atoms with Crippen LogP contribution >= 0.6 is 0 Å². The fourth-order valence-corrected chi connectivity index (χ4v) is 1.82. The number of anilines is 1. The molecule has 0 bridgehead atoms. The fourth-order valence-electron chi connectivity index (χ4n) is 1.82. The van der Waals surface area contributed by atoms with E-state index in [1.165, 1.54) is 0 Å². The molecule has 0 aliphatic carbocycles. The van der Waals surface area contributed by atoms with E-state index in [2.05, 4.69) is 15.0 Å². The van der Waals surface area contributed by atoms with Crippen molar-refractivity contribution in [2.24, 2.45) is 0 Å². The summed E-state index contributed by atoms with van der Waals surface area (Å²) in [5, 5.41) is 0. The number of nitrogen functional groups attached to an aromatic ring is 1. The van der Waals surface area contributed by atoms with Gasteiger partial charge in [-0.15, -0.1) is 0 Å². The van der Waals surface area contributed by atoms with Gasteiger partial charge in [0.2, 0.25) is 0 Å². The van der Waals surface area contributed by atoms with E-state index in [4.69, 9.17) is 5.73 Å². The van der Waals surface area contributed by atoms with Crippen LogP contribution in [0, 0.1) is 6.92 Å². The topological polar surface area (TPSA) is 67.6 Å². The first kappa shape index (κ1) is 9.84. The Kier molecular flexibility index (Phi) is 2.08. The van der Waals surface area contributed by atoms with Crippen molar-refractivity contribution in [3.05, 3.63) is 42.1 Å². The van der Waals surface area contributed by atoms with E-state index in [1.807, 2.05) is 43.3 Å². The maximum absolute atomic E-state index is 5.73. The lowest BCUT2D eigenvalue weighted by molar-refractivity contribution is 1.17. The Morgan fingerprint density at radius 1 is 1.12 bits per heavy atom. The van der Waals surface area contributed by atoms with E-state index in [0.717, 1.165) is 33.9 Å². The van der Waals surface area contributed by atoms with Crippen molar-refractivity contribution in [1.29, 1.82) is 0 Å². The summed E-state index contributed by atoms with van der Waals surface area (Å²) >= 11 is 0. The van der Waals surface area contributed by atoms with Gasteiger partial charge in [-0.3, -0.25) is 0 Å². The van der Waals surface area contributed by atoms with Crippen LogP contribution in [0.4, 0.5) is 5.69 Å². The van der Waals surface area contributed by atoms with Gasteiger partial charge in [-0.25, -0.2) is 9.97 Å². The van der Waals surface area contributed by atoms with Crippen LogP contribution in [0.1, 0.15) is 5.69 Å². The first-order chi connectivity index (χ1) is 8.22. The van der Waals surface area contributed by atoms with Crippen LogP contribution < -0.4 is 5.73 Å². The Balaban J connectivity index is 2.18. The van der Waals surface area contributed by atoms with Crippen LogP contribution in [-0.4, -0.2) is 15.0 Å².